The summed E-state index contributed by atoms with van der Waals surface area (Å²) in [6.07, 6.45) is 2.59. The van der Waals surface area contributed by atoms with Gasteiger partial charge >= 0.3 is 0 Å². The van der Waals surface area contributed by atoms with Gasteiger partial charge in [0, 0.05) is 51.2 Å². The molecule has 3 heterocycles. The molecule has 2 N–H and O–H groups in total. The van der Waals surface area contributed by atoms with Crippen molar-refractivity contribution in [2.45, 2.75) is 4.90 Å². The number of rotatable bonds is 6. The van der Waals surface area contributed by atoms with Crippen molar-refractivity contribution in [1.29, 1.82) is 0 Å². The van der Waals surface area contributed by atoms with Crippen LogP contribution in [0.4, 0.5) is 11.6 Å². The molecule has 0 saturated carbocycles. The van der Waals surface area contributed by atoms with Crippen molar-refractivity contribution < 1.29 is 13.2 Å². The monoisotopic (exact) mass is 449 g/mol. The molecular formula is C18H20ClN7O3S. The van der Waals surface area contributed by atoms with Gasteiger partial charge in [0.05, 0.1) is 6.20 Å². The standard InChI is InChI=1S/C18H20ClN7O3S/c1-25-12-15(11-21-25)30(27,28)24-18-22-16(19)10-17(23-18)29-14-4-2-13(3-5-14)26-8-6-20-7-9-26/h2-5,10-12,20H,6-9H2,1H3,(H,22,23,24). The van der Waals surface area contributed by atoms with Crippen LogP contribution in [0.3, 0.4) is 0 Å². The fourth-order valence-electron chi connectivity index (χ4n) is 2.98. The van der Waals surface area contributed by atoms with Crippen molar-refractivity contribution in [3.8, 4) is 11.6 Å². The van der Waals surface area contributed by atoms with E-state index in [0.717, 1.165) is 31.9 Å². The Morgan fingerprint density at radius 3 is 2.57 bits per heavy atom. The Balaban J connectivity index is 1.49. The summed E-state index contributed by atoms with van der Waals surface area (Å²) in [6, 6.07) is 9.00. The second-order valence-corrected chi connectivity index (χ2v) is 8.71. The molecule has 1 aromatic carbocycles. The van der Waals surface area contributed by atoms with Crippen LogP contribution in [0.25, 0.3) is 0 Å². The predicted octanol–water partition coefficient (Wildman–Crippen LogP) is 1.87. The summed E-state index contributed by atoms with van der Waals surface area (Å²) in [5.74, 6) is 0.470. The zero-order valence-corrected chi connectivity index (χ0v) is 17.7. The molecule has 0 bridgehead atoms. The molecule has 3 aromatic rings. The molecule has 30 heavy (non-hydrogen) atoms. The van der Waals surface area contributed by atoms with Crippen molar-refractivity contribution >= 4 is 33.3 Å². The minimum absolute atomic E-state index is 0.0143. The van der Waals surface area contributed by atoms with E-state index in [1.54, 1.807) is 7.05 Å². The number of hydrogen-bond acceptors (Lipinski definition) is 8. The van der Waals surface area contributed by atoms with Crippen molar-refractivity contribution in [1.82, 2.24) is 25.1 Å². The van der Waals surface area contributed by atoms with Crippen LogP contribution in [0.5, 0.6) is 11.6 Å². The molecule has 1 aliphatic heterocycles. The molecule has 2 aromatic heterocycles. The molecule has 0 radical (unpaired) electrons. The first-order valence-corrected chi connectivity index (χ1v) is 11.0. The molecule has 12 heteroatoms. The van der Waals surface area contributed by atoms with Gasteiger partial charge in [-0.25, -0.2) is 18.1 Å². The molecule has 0 spiro atoms. The second kappa shape index (κ2) is 8.46. The third kappa shape index (κ3) is 4.81. The van der Waals surface area contributed by atoms with Gasteiger partial charge in [-0.1, -0.05) is 11.6 Å². The Morgan fingerprint density at radius 2 is 1.90 bits per heavy atom. The van der Waals surface area contributed by atoms with E-state index in [9.17, 15) is 8.42 Å². The lowest BCUT2D eigenvalue weighted by molar-refractivity contribution is 0.462. The van der Waals surface area contributed by atoms with E-state index < -0.39 is 10.0 Å². The molecule has 158 valence electrons. The summed E-state index contributed by atoms with van der Waals surface area (Å²) in [6.45, 7) is 3.80. The zero-order chi connectivity index (χ0) is 21.1. The topological polar surface area (TPSA) is 114 Å². The summed E-state index contributed by atoms with van der Waals surface area (Å²) in [5.41, 5.74) is 1.11. The number of aryl methyl sites for hydroxylation is 1. The zero-order valence-electron chi connectivity index (χ0n) is 16.1. The highest BCUT2D eigenvalue weighted by Gasteiger charge is 2.19. The highest BCUT2D eigenvalue weighted by Crippen LogP contribution is 2.26. The lowest BCUT2D eigenvalue weighted by Crippen LogP contribution is -2.43. The first-order chi connectivity index (χ1) is 14.4. The lowest BCUT2D eigenvalue weighted by atomic mass is 10.2. The normalized spacial score (nSPS) is 14.5. The van der Waals surface area contributed by atoms with Crippen molar-refractivity contribution in [2.24, 2.45) is 7.05 Å². The van der Waals surface area contributed by atoms with E-state index in [-0.39, 0.29) is 21.9 Å². The van der Waals surface area contributed by atoms with E-state index in [4.69, 9.17) is 16.3 Å². The number of benzene rings is 1. The van der Waals surface area contributed by atoms with Gasteiger partial charge in [-0.2, -0.15) is 10.1 Å². The average Bonchev–Trinajstić information content (AvgIpc) is 3.16. The molecule has 4 rings (SSSR count). The number of hydrogen-bond donors (Lipinski definition) is 2. The van der Waals surface area contributed by atoms with Crippen LogP contribution in [-0.4, -0.2) is 54.3 Å². The Hall–Kier alpha value is -2.89. The predicted molar refractivity (Wildman–Crippen MR) is 113 cm³/mol. The van der Waals surface area contributed by atoms with Gasteiger partial charge in [0.25, 0.3) is 10.0 Å². The summed E-state index contributed by atoms with van der Waals surface area (Å²) < 4.78 is 34.3. The van der Waals surface area contributed by atoms with E-state index in [0.29, 0.717) is 5.75 Å². The van der Waals surface area contributed by atoms with Crippen molar-refractivity contribution in [3.63, 3.8) is 0 Å². The first kappa shape index (κ1) is 20.4. The summed E-state index contributed by atoms with van der Waals surface area (Å²) >= 11 is 6.03. The smallest absolute Gasteiger partial charge is 0.267 e. The van der Waals surface area contributed by atoms with E-state index >= 15 is 0 Å². The molecule has 10 nitrogen and oxygen atoms in total. The van der Waals surface area contributed by atoms with E-state index in [2.05, 4.69) is 30.0 Å². The van der Waals surface area contributed by atoms with Gasteiger partial charge in [-0.15, -0.1) is 0 Å². The maximum Gasteiger partial charge on any atom is 0.267 e. The molecular weight excluding hydrogens is 430 g/mol. The molecule has 0 atom stereocenters. The minimum atomic E-state index is -3.90. The Labute approximate surface area is 178 Å². The lowest BCUT2D eigenvalue weighted by Gasteiger charge is -2.29. The number of nitrogens with one attached hydrogen (secondary N) is 2. The van der Waals surface area contributed by atoms with Crippen LogP contribution in [0.2, 0.25) is 5.15 Å². The number of halogens is 1. The third-order valence-electron chi connectivity index (χ3n) is 4.43. The highest BCUT2D eigenvalue weighted by molar-refractivity contribution is 7.92. The minimum Gasteiger partial charge on any atom is -0.439 e. The number of aromatic nitrogens is 4. The van der Waals surface area contributed by atoms with Gasteiger partial charge in [0.15, 0.2) is 0 Å². The molecule has 1 aliphatic rings. The second-order valence-electron chi connectivity index (χ2n) is 6.64. The van der Waals surface area contributed by atoms with Gasteiger partial charge in [-0.3, -0.25) is 4.68 Å². The van der Waals surface area contributed by atoms with E-state index in [1.165, 1.54) is 23.1 Å². The van der Waals surface area contributed by atoms with Crippen LogP contribution >= 0.6 is 11.6 Å². The molecule has 1 saturated heterocycles. The first-order valence-electron chi connectivity index (χ1n) is 9.19. The molecule has 0 unspecified atom stereocenters. The number of piperazine rings is 1. The van der Waals surface area contributed by atoms with Gasteiger partial charge < -0.3 is 15.0 Å². The number of anilines is 2. The molecule has 1 fully saturated rings. The maximum absolute atomic E-state index is 12.4. The number of sulfonamides is 1. The summed E-state index contributed by atoms with van der Waals surface area (Å²) in [7, 11) is -2.28. The Bertz CT molecular complexity index is 1130. The van der Waals surface area contributed by atoms with E-state index in [1.807, 2.05) is 24.3 Å². The SMILES string of the molecule is Cn1cc(S(=O)(=O)Nc2nc(Cl)cc(Oc3ccc(N4CCNCC4)cc3)n2)cn1. The van der Waals surface area contributed by atoms with Gasteiger partial charge in [0.1, 0.15) is 15.8 Å². The fraction of sp³-hybridized carbons (Fsp3) is 0.278. The van der Waals surface area contributed by atoms with Crippen LogP contribution in [0.1, 0.15) is 0 Å². The van der Waals surface area contributed by atoms with Gasteiger partial charge in [0.2, 0.25) is 11.8 Å². The van der Waals surface area contributed by atoms with Crippen LogP contribution < -0.4 is 19.7 Å². The molecule has 0 aliphatic carbocycles. The van der Waals surface area contributed by atoms with Crippen molar-refractivity contribution in [2.75, 3.05) is 35.8 Å². The van der Waals surface area contributed by atoms with Crippen molar-refractivity contribution in [3.05, 3.63) is 47.9 Å². The van der Waals surface area contributed by atoms with Crippen LogP contribution in [0.15, 0.2) is 47.6 Å². The largest absolute Gasteiger partial charge is 0.439 e. The van der Waals surface area contributed by atoms with Gasteiger partial charge in [-0.05, 0) is 24.3 Å². The maximum atomic E-state index is 12.4. The molecule has 0 amide bonds. The fourth-order valence-corrected chi connectivity index (χ4v) is 4.08. The van der Waals surface area contributed by atoms with Crippen LogP contribution in [-0.2, 0) is 17.1 Å². The average molecular weight is 450 g/mol. The third-order valence-corrected chi connectivity index (χ3v) is 5.91. The Kier molecular flexibility index (Phi) is 5.75. The summed E-state index contributed by atoms with van der Waals surface area (Å²) in [4.78, 5) is 10.3. The number of nitrogens with zero attached hydrogens (tertiary/aromatic N) is 5. The number of ether oxygens (including phenoxy) is 1. The summed E-state index contributed by atoms with van der Waals surface area (Å²) in [5, 5.41) is 7.22. The van der Waals surface area contributed by atoms with Crippen LogP contribution in [0, 0.1) is 0 Å². The quantitative estimate of drug-likeness (QED) is 0.548. The highest BCUT2D eigenvalue weighted by atomic mass is 35.5. The Morgan fingerprint density at radius 1 is 1.17 bits per heavy atom.